The number of nitrogens with zero attached hydrogens (tertiary/aromatic N) is 3. The molecule has 0 aromatic heterocycles. The lowest BCUT2D eigenvalue weighted by Gasteiger charge is -2.38. The molecule has 1 saturated carbocycles. The van der Waals surface area contributed by atoms with E-state index < -0.39 is 6.04 Å². The Balaban J connectivity index is 1.57. The number of nitrogens with one attached hydrogen (secondary N) is 1. The van der Waals surface area contributed by atoms with Crippen LogP contribution >= 0.6 is 0 Å². The standard InChI is InChI=1S/C17H26N4O3/c18-10-15-12-24-9-8-21(15)16(22)13-4-3-7-20(11-13)17(23)19-14-5-1-2-6-14/h13-15H,1-9,11-12H2,(H,19,23)/t13-,15-/m0/s1. The summed E-state index contributed by atoms with van der Waals surface area (Å²) in [5.74, 6) is -0.217. The zero-order chi connectivity index (χ0) is 16.9. The van der Waals surface area contributed by atoms with E-state index >= 15 is 0 Å². The first-order valence-electron chi connectivity index (χ1n) is 9.02. The maximum absolute atomic E-state index is 12.8. The van der Waals surface area contributed by atoms with Crippen LogP contribution in [0.4, 0.5) is 4.79 Å². The topological polar surface area (TPSA) is 85.7 Å². The molecule has 1 aliphatic carbocycles. The Labute approximate surface area is 142 Å². The number of urea groups is 1. The predicted octanol–water partition coefficient (Wildman–Crippen LogP) is 1.10. The monoisotopic (exact) mass is 334 g/mol. The SMILES string of the molecule is N#C[C@H]1COCCN1C(=O)[C@H]1CCCN(C(=O)NC2CCCC2)C1. The molecule has 2 aliphatic heterocycles. The maximum atomic E-state index is 12.8. The smallest absolute Gasteiger partial charge is 0.317 e. The van der Waals surface area contributed by atoms with Crippen LogP contribution in [0.25, 0.3) is 0 Å². The molecule has 2 heterocycles. The van der Waals surface area contributed by atoms with Crippen LogP contribution in [0, 0.1) is 17.2 Å². The van der Waals surface area contributed by atoms with Gasteiger partial charge >= 0.3 is 6.03 Å². The minimum absolute atomic E-state index is 0.0109. The highest BCUT2D eigenvalue weighted by molar-refractivity contribution is 5.81. The average Bonchev–Trinajstić information content (AvgIpc) is 3.14. The molecule has 7 nitrogen and oxygen atoms in total. The molecule has 0 spiro atoms. The van der Waals surface area contributed by atoms with Crippen molar-refractivity contribution in [3.05, 3.63) is 0 Å². The molecule has 7 heteroatoms. The maximum Gasteiger partial charge on any atom is 0.317 e. The van der Waals surface area contributed by atoms with Gasteiger partial charge in [0.2, 0.25) is 5.91 Å². The Hall–Kier alpha value is -1.81. The van der Waals surface area contributed by atoms with E-state index in [1.165, 1.54) is 12.8 Å². The van der Waals surface area contributed by atoms with Crippen LogP contribution in [0.5, 0.6) is 0 Å². The van der Waals surface area contributed by atoms with E-state index in [1.54, 1.807) is 9.80 Å². The van der Waals surface area contributed by atoms with E-state index in [0.29, 0.717) is 26.2 Å². The second-order valence-electron chi connectivity index (χ2n) is 6.97. The molecule has 24 heavy (non-hydrogen) atoms. The van der Waals surface area contributed by atoms with E-state index in [9.17, 15) is 14.9 Å². The number of ether oxygens (including phenoxy) is 1. The minimum Gasteiger partial charge on any atom is -0.376 e. The lowest BCUT2D eigenvalue weighted by atomic mass is 9.96. The number of carbonyl (C=O) groups is 2. The van der Waals surface area contributed by atoms with Crippen LogP contribution in [-0.4, -0.2) is 66.7 Å². The van der Waals surface area contributed by atoms with Gasteiger partial charge in [0.25, 0.3) is 0 Å². The summed E-state index contributed by atoms with van der Waals surface area (Å²) in [6.45, 7) is 2.37. The van der Waals surface area contributed by atoms with Crippen molar-refractivity contribution in [2.75, 3.05) is 32.8 Å². The van der Waals surface area contributed by atoms with Gasteiger partial charge in [-0.3, -0.25) is 4.79 Å². The normalized spacial score (nSPS) is 28.5. The van der Waals surface area contributed by atoms with E-state index in [1.807, 2.05) is 0 Å². The van der Waals surface area contributed by atoms with Crippen molar-refractivity contribution in [3.8, 4) is 6.07 Å². The van der Waals surface area contributed by atoms with Gasteiger partial charge in [0.15, 0.2) is 0 Å². The fourth-order valence-electron chi connectivity index (χ4n) is 3.91. The summed E-state index contributed by atoms with van der Waals surface area (Å²) in [7, 11) is 0. The average molecular weight is 334 g/mol. The van der Waals surface area contributed by atoms with Gasteiger partial charge in [-0.1, -0.05) is 12.8 Å². The minimum atomic E-state index is -0.506. The molecule has 1 N–H and O–H groups in total. The molecule has 0 bridgehead atoms. The number of hydrogen-bond donors (Lipinski definition) is 1. The van der Waals surface area contributed by atoms with Gasteiger partial charge in [-0.15, -0.1) is 0 Å². The molecule has 3 rings (SSSR count). The van der Waals surface area contributed by atoms with Crippen LogP contribution in [0.15, 0.2) is 0 Å². The molecule has 0 unspecified atom stereocenters. The molecule has 3 fully saturated rings. The number of amides is 3. The van der Waals surface area contributed by atoms with Gasteiger partial charge < -0.3 is 19.9 Å². The number of nitriles is 1. The summed E-state index contributed by atoms with van der Waals surface area (Å²) in [5.41, 5.74) is 0. The molecule has 0 aromatic rings. The number of carbonyl (C=O) groups excluding carboxylic acids is 2. The molecule has 132 valence electrons. The third kappa shape index (κ3) is 3.81. The van der Waals surface area contributed by atoms with E-state index in [-0.39, 0.29) is 30.5 Å². The van der Waals surface area contributed by atoms with Gasteiger partial charge in [0.05, 0.1) is 25.2 Å². The van der Waals surface area contributed by atoms with Crippen molar-refractivity contribution in [2.24, 2.45) is 5.92 Å². The van der Waals surface area contributed by atoms with Crippen molar-refractivity contribution >= 4 is 11.9 Å². The lowest BCUT2D eigenvalue weighted by molar-refractivity contribution is -0.143. The molecule has 3 aliphatic rings. The number of morpholine rings is 1. The van der Waals surface area contributed by atoms with E-state index in [0.717, 1.165) is 25.7 Å². The third-order valence-electron chi connectivity index (χ3n) is 5.30. The largest absolute Gasteiger partial charge is 0.376 e. The molecule has 0 radical (unpaired) electrons. The van der Waals surface area contributed by atoms with E-state index in [2.05, 4.69) is 11.4 Å². The first-order valence-corrected chi connectivity index (χ1v) is 9.02. The second-order valence-corrected chi connectivity index (χ2v) is 6.97. The van der Waals surface area contributed by atoms with E-state index in [4.69, 9.17) is 4.74 Å². The Kier molecular flexibility index (Phi) is 5.56. The zero-order valence-electron chi connectivity index (χ0n) is 14.1. The quantitative estimate of drug-likeness (QED) is 0.819. The Morgan fingerprint density at radius 1 is 1.12 bits per heavy atom. The Morgan fingerprint density at radius 3 is 2.67 bits per heavy atom. The summed E-state index contributed by atoms with van der Waals surface area (Å²) < 4.78 is 5.28. The number of likely N-dealkylation sites (tertiary alicyclic amines) is 1. The van der Waals surface area contributed by atoms with Crippen LogP contribution in [-0.2, 0) is 9.53 Å². The highest BCUT2D eigenvalue weighted by atomic mass is 16.5. The van der Waals surface area contributed by atoms with Gasteiger partial charge in [-0.2, -0.15) is 5.26 Å². The van der Waals surface area contributed by atoms with Crippen molar-refractivity contribution in [3.63, 3.8) is 0 Å². The second kappa shape index (κ2) is 7.84. The zero-order valence-corrected chi connectivity index (χ0v) is 14.1. The fourth-order valence-corrected chi connectivity index (χ4v) is 3.91. The summed E-state index contributed by atoms with van der Waals surface area (Å²) in [6.07, 6.45) is 6.08. The number of rotatable bonds is 2. The molecule has 2 saturated heterocycles. The Morgan fingerprint density at radius 2 is 1.92 bits per heavy atom. The van der Waals surface area contributed by atoms with Crippen molar-refractivity contribution < 1.29 is 14.3 Å². The molecule has 2 atom stereocenters. The summed E-state index contributed by atoms with van der Waals surface area (Å²) in [5, 5.41) is 12.3. The highest BCUT2D eigenvalue weighted by Crippen LogP contribution is 2.22. The van der Waals surface area contributed by atoms with Crippen molar-refractivity contribution in [1.82, 2.24) is 15.1 Å². The third-order valence-corrected chi connectivity index (χ3v) is 5.30. The molecule has 0 aromatic carbocycles. The Bertz CT molecular complexity index is 512. The first-order chi connectivity index (χ1) is 11.7. The summed E-state index contributed by atoms with van der Waals surface area (Å²) in [6, 6.07) is 1.88. The fraction of sp³-hybridized carbons (Fsp3) is 0.824. The number of hydrogen-bond acceptors (Lipinski definition) is 4. The van der Waals surface area contributed by atoms with Crippen LogP contribution in [0.1, 0.15) is 38.5 Å². The summed E-state index contributed by atoms with van der Waals surface area (Å²) in [4.78, 5) is 28.6. The molecular weight excluding hydrogens is 308 g/mol. The molecular formula is C17H26N4O3. The van der Waals surface area contributed by atoms with Gasteiger partial charge in [0, 0.05) is 25.7 Å². The summed E-state index contributed by atoms with van der Waals surface area (Å²) >= 11 is 0. The van der Waals surface area contributed by atoms with Crippen LogP contribution in [0.3, 0.4) is 0 Å². The van der Waals surface area contributed by atoms with Gasteiger partial charge in [-0.25, -0.2) is 4.79 Å². The van der Waals surface area contributed by atoms with Crippen LogP contribution < -0.4 is 5.32 Å². The number of piperidine rings is 1. The van der Waals surface area contributed by atoms with Crippen LogP contribution in [0.2, 0.25) is 0 Å². The van der Waals surface area contributed by atoms with Gasteiger partial charge in [0.1, 0.15) is 6.04 Å². The lowest BCUT2D eigenvalue weighted by Crippen LogP contribution is -2.54. The van der Waals surface area contributed by atoms with Crippen molar-refractivity contribution in [2.45, 2.75) is 50.6 Å². The molecule has 3 amide bonds. The predicted molar refractivity (Wildman–Crippen MR) is 87.0 cm³/mol. The van der Waals surface area contributed by atoms with Gasteiger partial charge in [-0.05, 0) is 25.7 Å². The van der Waals surface area contributed by atoms with Crippen molar-refractivity contribution in [1.29, 1.82) is 5.26 Å². The first kappa shape index (κ1) is 17.0. The highest BCUT2D eigenvalue weighted by Gasteiger charge is 2.35.